The number of benzene rings is 1. The molecule has 0 amide bonds. The molecule has 0 radical (unpaired) electrons. The molecular weight excluding hydrogens is 324 g/mol. The van der Waals surface area contributed by atoms with E-state index >= 15 is 0 Å². The molecule has 0 saturated carbocycles. The van der Waals surface area contributed by atoms with Crippen LogP contribution in [0.3, 0.4) is 0 Å². The zero-order valence-electron chi connectivity index (χ0n) is 10.6. The summed E-state index contributed by atoms with van der Waals surface area (Å²) in [6.07, 6.45) is 5.19. The molecular formula is C14H11BrN2O3. The lowest BCUT2D eigenvalue weighted by Crippen LogP contribution is -1.97. The molecule has 20 heavy (non-hydrogen) atoms. The fourth-order valence-electron chi connectivity index (χ4n) is 1.62. The normalized spacial score (nSPS) is 10.7. The Kier molecular flexibility index (Phi) is 4.47. The van der Waals surface area contributed by atoms with E-state index in [1.165, 1.54) is 12.3 Å². The fraction of sp³-hybridized carbons (Fsp3) is 0.0714. The molecule has 2 aromatic rings. The van der Waals surface area contributed by atoms with Crippen LogP contribution in [0.4, 0.5) is 5.69 Å². The minimum atomic E-state index is -0.522. The number of pyridine rings is 1. The summed E-state index contributed by atoms with van der Waals surface area (Å²) < 4.78 is 6.11. The van der Waals surface area contributed by atoms with Gasteiger partial charge in [0.15, 0.2) is 0 Å². The Hall–Kier alpha value is -2.21. The predicted molar refractivity (Wildman–Crippen MR) is 79.8 cm³/mol. The number of para-hydroxylation sites is 1. The van der Waals surface area contributed by atoms with E-state index < -0.39 is 4.92 Å². The van der Waals surface area contributed by atoms with Gasteiger partial charge in [0.05, 0.1) is 4.92 Å². The van der Waals surface area contributed by atoms with Gasteiger partial charge in [-0.15, -0.1) is 0 Å². The van der Waals surface area contributed by atoms with E-state index in [-0.39, 0.29) is 11.6 Å². The van der Waals surface area contributed by atoms with Crippen LogP contribution >= 0.6 is 15.9 Å². The maximum atomic E-state index is 11.0. The Bertz CT molecular complexity index is 671. The van der Waals surface area contributed by atoms with Crippen LogP contribution in [0.25, 0.3) is 6.08 Å². The zero-order valence-corrected chi connectivity index (χ0v) is 12.2. The Morgan fingerprint density at radius 3 is 2.85 bits per heavy atom. The highest BCUT2D eigenvalue weighted by Gasteiger charge is 2.18. The first-order valence-electron chi connectivity index (χ1n) is 5.81. The number of hydrogen-bond acceptors (Lipinski definition) is 4. The summed E-state index contributed by atoms with van der Waals surface area (Å²) in [7, 11) is 0. The molecule has 1 heterocycles. The number of allylic oxidation sites excluding steroid dienone is 1. The Balaban J connectivity index is 2.42. The van der Waals surface area contributed by atoms with Crippen molar-refractivity contribution in [2.24, 2.45) is 0 Å². The van der Waals surface area contributed by atoms with Gasteiger partial charge in [-0.25, -0.2) is 4.98 Å². The number of hydrogen-bond donors (Lipinski definition) is 0. The molecule has 0 atom stereocenters. The van der Waals surface area contributed by atoms with Crippen molar-refractivity contribution in [3.05, 3.63) is 62.8 Å². The first-order chi connectivity index (χ1) is 9.61. The minimum absolute atomic E-state index is 0.0323. The molecule has 0 aliphatic heterocycles. The average Bonchev–Trinajstić information content (AvgIpc) is 2.43. The molecule has 0 N–H and O–H groups in total. The van der Waals surface area contributed by atoms with Crippen LogP contribution in [-0.4, -0.2) is 9.91 Å². The second-order valence-corrected chi connectivity index (χ2v) is 4.79. The smallest absolute Gasteiger partial charge is 0.332 e. The number of rotatable bonds is 4. The third-order valence-corrected chi connectivity index (χ3v) is 2.90. The Morgan fingerprint density at radius 2 is 2.15 bits per heavy atom. The van der Waals surface area contributed by atoms with E-state index in [4.69, 9.17) is 4.74 Å². The van der Waals surface area contributed by atoms with Gasteiger partial charge in [0.2, 0.25) is 0 Å². The summed E-state index contributed by atoms with van der Waals surface area (Å²) in [6, 6.07) is 8.63. The van der Waals surface area contributed by atoms with Gasteiger partial charge in [-0.3, -0.25) is 10.1 Å². The first kappa shape index (κ1) is 14.2. The minimum Gasteiger partial charge on any atom is -0.433 e. The Morgan fingerprint density at radius 1 is 1.40 bits per heavy atom. The third kappa shape index (κ3) is 3.21. The second kappa shape index (κ2) is 6.29. The van der Waals surface area contributed by atoms with Crippen LogP contribution in [0, 0.1) is 10.1 Å². The van der Waals surface area contributed by atoms with Crippen molar-refractivity contribution in [1.29, 1.82) is 0 Å². The average molecular weight is 335 g/mol. The topological polar surface area (TPSA) is 65.3 Å². The summed E-state index contributed by atoms with van der Waals surface area (Å²) in [5.41, 5.74) is 0.642. The number of halogens is 1. The standard InChI is InChI=1S/C14H11BrN2O3/c1-2-5-10-6-3-4-7-13(10)20-14-12(17(18)19)8-11(15)9-16-14/h2-9H,1H3. The SMILES string of the molecule is CC=Cc1ccccc1Oc1ncc(Br)cc1[N+](=O)[O-]. The fourth-order valence-corrected chi connectivity index (χ4v) is 1.94. The van der Waals surface area contributed by atoms with Crippen molar-refractivity contribution >= 4 is 27.7 Å². The predicted octanol–water partition coefficient (Wildman–Crippen LogP) is 4.58. The summed E-state index contributed by atoms with van der Waals surface area (Å²) in [5.74, 6) is 0.485. The number of ether oxygens (including phenoxy) is 1. The monoisotopic (exact) mass is 334 g/mol. The van der Waals surface area contributed by atoms with Crippen molar-refractivity contribution in [2.75, 3.05) is 0 Å². The lowest BCUT2D eigenvalue weighted by molar-refractivity contribution is -0.386. The van der Waals surface area contributed by atoms with Crippen LogP contribution in [0.5, 0.6) is 11.6 Å². The highest BCUT2D eigenvalue weighted by Crippen LogP contribution is 2.32. The molecule has 0 unspecified atom stereocenters. The van der Waals surface area contributed by atoms with Gasteiger partial charge in [-0.2, -0.15) is 0 Å². The first-order valence-corrected chi connectivity index (χ1v) is 6.60. The van der Waals surface area contributed by atoms with Gasteiger partial charge in [-0.05, 0) is 28.9 Å². The summed E-state index contributed by atoms with van der Waals surface area (Å²) in [4.78, 5) is 14.5. The molecule has 5 nitrogen and oxygen atoms in total. The molecule has 0 spiro atoms. The van der Waals surface area contributed by atoms with Crippen molar-refractivity contribution < 1.29 is 9.66 Å². The molecule has 0 fully saturated rings. The van der Waals surface area contributed by atoms with E-state index in [1.54, 1.807) is 12.1 Å². The number of nitro groups is 1. The van der Waals surface area contributed by atoms with E-state index in [2.05, 4.69) is 20.9 Å². The van der Waals surface area contributed by atoms with Gasteiger partial charge in [-0.1, -0.05) is 30.4 Å². The van der Waals surface area contributed by atoms with Crippen LogP contribution in [0.1, 0.15) is 12.5 Å². The van der Waals surface area contributed by atoms with Gasteiger partial charge < -0.3 is 4.74 Å². The molecule has 0 bridgehead atoms. The highest BCUT2D eigenvalue weighted by atomic mass is 79.9. The molecule has 102 valence electrons. The molecule has 0 saturated heterocycles. The van der Waals surface area contributed by atoms with Gasteiger partial charge >= 0.3 is 5.69 Å². The molecule has 6 heteroatoms. The van der Waals surface area contributed by atoms with Crippen LogP contribution in [0.2, 0.25) is 0 Å². The second-order valence-electron chi connectivity index (χ2n) is 3.87. The van der Waals surface area contributed by atoms with Gasteiger partial charge in [0.1, 0.15) is 5.75 Å². The summed E-state index contributed by atoms with van der Waals surface area (Å²) >= 11 is 3.16. The third-order valence-electron chi connectivity index (χ3n) is 2.47. The largest absolute Gasteiger partial charge is 0.433 e. The van der Waals surface area contributed by atoms with Crippen molar-refractivity contribution in [3.63, 3.8) is 0 Å². The highest BCUT2D eigenvalue weighted by molar-refractivity contribution is 9.10. The lowest BCUT2D eigenvalue weighted by atomic mass is 10.2. The van der Waals surface area contributed by atoms with Crippen molar-refractivity contribution in [3.8, 4) is 11.6 Å². The van der Waals surface area contributed by atoms with Crippen molar-refractivity contribution in [1.82, 2.24) is 4.98 Å². The van der Waals surface area contributed by atoms with Gasteiger partial charge in [0.25, 0.3) is 5.88 Å². The van der Waals surface area contributed by atoms with Crippen LogP contribution in [0.15, 0.2) is 47.1 Å². The van der Waals surface area contributed by atoms with Crippen LogP contribution in [-0.2, 0) is 0 Å². The molecule has 0 aliphatic carbocycles. The summed E-state index contributed by atoms with van der Waals surface area (Å²) in [6.45, 7) is 1.89. The quantitative estimate of drug-likeness (QED) is 0.606. The van der Waals surface area contributed by atoms with E-state index in [1.807, 2.05) is 31.2 Å². The van der Waals surface area contributed by atoms with E-state index in [0.29, 0.717) is 10.2 Å². The molecule has 1 aromatic heterocycles. The number of nitrogens with zero attached hydrogens (tertiary/aromatic N) is 2. The Labute approximate surface area is 124 Å². The van der Waals surface area contributed by atoms with E-state index in [0.717, 1.165) is 5.56 Å². The summed E-state index contributed by atoms with van der Waals surface area (Å²) in [5, 5.41) is 11.0. The maximum Gasteiger partial charge on any atom is 0.332 e. The maximum absolute atomic E-state index is 11.0. The lowest BCUT2D eigenvalue weighted by Gasteiger charge is -2.08. The van der Waals surface area contributed by atoms with E-state index in [9.17, 15) is 10.1 Å². The van der Waals surface area contributed by atoms with Crippen molar-refractivity contribution in [2.45, 2.75) is 6.92 Å². The molecule has 0 aliphatic rings. The van der Waals surface area contributed by atoms with Gasteiger partial charge in [0, 0.05) is 22.3 Å². The van der Waals surface area contributed by atoms with Crippen LogP contribution < -0.4 is 4.74 Å². The zero-order chi connectivity index (χ0) is 14.5. The number of aromatic nitrogens is 1. The molecule has 1 aromatic carbocycles. The molecule has 2 rings (SSSR count).